The van der Waals surface area contributed by atoms with Crippen LogP contribution in [0.3, 0.4) is 0 Å². The third kappa shape index (κ3) is 1.90. The van der Waals surface area contributed by atoms with Gasteiger partial charge in [0.2, 0.25) is 5.95 Å². The van der Waals surface area contributed by atoms with Gasteiger partial charge in [-0.2, -0.15) is 0 Å². The van der Waals surface area contributed by atoms with Crippen molar-refractivity contribution in [2.45, 2.75) is 13.0 Å². The minimum absolute atomic E-state index is 0.522. The molecule has 0 unspecified atom stereocenters. The maximum atomic E-state index is 5.92. The summed E-state index contributed by atoms with van der Waals surface area (Å²) in [5.41, 5.74) is 8.81. The van der Waals surface area contributed by atoms with E-state index in [9.17, 15) is 0 Å². The molecule has 0 atom stereocenters. The number of imidazole rings is 1. The normalized spacial score (nSPS) is 10.9. The fourth-order valence-electron chi connectivity index (χ4n) is 2.01. The van der Waals surface area contributed by atoms with Gasteiger partial charge in [0.15, 0.2) is 0 Å². The molecule has 0 aliphatic carbocycles. The van der Waals surface area contributed by atoms with Crippen molar-refractivity contribution in [3.63, 3.8) is 0 Å². The van der Waals surface area contributed by atoms with Crippen molar-refractivity contribution in [2.75, 3.05) is 5.73 Å². The second-order valence-corrected chi connectivity index (χ2v) is 4.06. The van der Waals surface area contributed by atoms with Gasteiger partial charge in [-0.3, -0.25) is 9.97 Å². The smallest absolute Gasteiger partial charge is 0.201 e. The molecule has 5 nitrogen and oxygen atoms in total. The zero-order valence-corrected chi connectivity index (χ0v) is 9.82. The van der Waals surface area contributed by atoms with E-state index in [2.05, 4.69) is 15.0 Å². The first kappa shape index (κ1) is 10.7. The highest BCUT2D eigenvalue weighted by atomic mass is 15.2. The largest absolute Gasteiger partial charge is 0.369 e. The Morgan fingerprint density at radius 2 is 2.11 bits per heavy atom. The zero-order chi connectivity index (χ0) is 12.4. The summed E-state index contributed by atoms with van der Waals surface area (Å²) < 4.78 is 1.99. The molecule has 0 bridgehead atoms. The summed E-state index contributed by atoms with van der Waals surface area (Å²) in [7, 11) is 0. The van der Waals surface area contributed by atoms with Gasteiger partial charge in [-0.05, 0) is 18.2 Å². The van der Waals surface area contributed by atoms with E-state index in [1.165, 1.54) is 0 Å². The maximum Gasteiger partial charge on any atom is 0.201 e. The van der Waals surface area contributed by atoms with Gasteiger partial charge in [-0.1, -0.05) is 6.07 Å². The van der Waals surface area contributed by atoms with Crippen molar-refractivity contribution >= 4 is 17.0 Å². The zero-order valence-electron chi connectivity index (χ0n) is 9.82. The Hall–Kier alpha value is -2.43. The molecule has 0 fully saturated rings. The molecule has 5 heteroatoms. The molecule has 2 N–H and O–H groups in total. The predicted octanol–water partition coefficient (Wildman–Crippen LogP) is 1.65. The van der Waals surface area contributed by atoms with Gasteiger partial charge in [0.25, 0.3) is 0 Å². The highest BCUT2D eigenvalue weighted by Crippen LogP contribution is 2.16. The van der Waals surface area contributed by atoms with Crippen molar-refractivity contribution in [3.8, 4) is 0 Å². The van der Waals surface area contributed by atoms with E-state index in [1.54, 1.807) is 18.6 Å². The van der Waals surface area contributed by atoms with Crippen LogP contribution >= 0.6 is 0 Å². The Morgan fingerprint density at radius 1 is 1.17 bits per heavy atom. The Labute approximate surface area is 104 Å². The molecule has 90 valence electrons. The Balaban J connectivity index is 1.89. The van der Waals surface area contributed by atoms with Gasteiger partial charge in [0, 0.05) is 31.1 Å². The van der Waals surface area contributed by atoms with E-state index in [0.29, 0.717) is 5.95 Å². The van der Waals surface area contributed by atoms with Crippen molar-refractivity contribution < 1.29 is 0 Å². The van der Waals surface area contributed by atoms with Crippen molar-refractivity contribution in [1.29, 1.82) is 0 Å². The number of rotatable bonds is 3. The van der Waals surface area contributed by atoms with Crippen LogP contribution in [-0.2, 0) is 13.0 Å². The number of nitrogens with two attached hydrogens (primary N) is 1. The quantitative estimate of drug-likeness (QED) is 0.754. The molecule has 0 saturated carbocycles. The van der Waals surface area contributed by atoms with Crippen LogP contribution in [0, 0.1) is 0 Å². The molecule has 18 heavy (non-hydrogen) atoms. The number of pyridine rings is 2. The number of hydrogen-bond donors (Lipinski definition) is 1. The van der Waals surface area contributed by atoms with E-state index in [1.807, 2.05) is 28.8 Å². The summed E-state index contributed by atoms with van der Waals surface area (Å²) >= 11 is 0. The number of nitrogen functional groups attached to an aromatic ring is 1. The Bertz CT molecular complexity index is 659. The fourth-order valence-corrected chi connectivity index (χ4v) is 2.01. The van der Waals surface area contributed by atoms with Crippen LogP contribution in [0.2, 0.25) is 0 Å². The lowest BCUT2D eigenvalue weighted by Gasteiger charge is -2.05. The average molecular weight is 239 g/mol. The second-order valence-electron chi connectivity index (χ2n) is 4.06. The first-order valence-electron chi connectivity index (χ1n) is 5.80. The third-order valence-corrected chi connectivity index (χ3v) is 2.90. The molecule has 0 aliphatic heterocycles. The molecule has 0 amide bonds. The molecule has 0 spiro atoms. The van der Waals surface area contributed by atoms with Gasteiger partial charge < -0.3 is 10.3 Å². The molecular formula is C13H13N5. The molecule has 3 aromatic rings. The van der Waals surface area contributed by atoms with Crippen LogP contribution in [0.4, 0.5) is 5.95 Å². The third-order valence-electron chi connectivity index (χ3n) is 2.90. The van der Waals surface area contributed by atoms with Crippen LogP contribution in [0.25, 0.3) is 11.0 Å². The summed E-state index contributed by atoms with van der Waals surface area (Å²) in [4.78, 5) is 12.6. The topological polar surface area (TPSA) is 69.6 Å². The van der Waals surface area contributed by atoms with Gasteiger partial charge in [-0.15, -0.1) is 0 Å². The number of fused-ring (bicyclic) bond motifs is 1. The predicted molar refractivity (Wildman–Crippen MR) is 69.9 cm³/mol. The van der Waals surface area contributed by atoms with Gasteiger partial charge in [0.1, 0.15) is 5.52 Å². The SMILES string of the molecule is Nc1nc2cnccc2n1CCc1ccccn1. The van der Waals surface area contributed by atoms with Crippen LogP contribution in [0.5, 0.6) is 0 Å². The molecule has 3 rings (SSSR count). The van der Waals surface area contributed by atoms with Gasteiger partial charge in [-0.25, -0.2) is 4.98 Å². The highest BCUT2D eigenvalue weighted by Gasteiger charge is 2.07. The number of anilines is 1. The molecule has 0 radical (unpaired) electrons. The van der Waals surface area contributed by atoms with Crippen LogP contribution < -0.4 is 5.73 Å². The lowest BCUT2D eigenvalue weighted by Crippen LogP contribution is -2.06. The van der Waals surface area contributed by atoms with Gasteiger partial charge >= 0.3 is 0 Å². The highest BCUT2D eigenvalue weighted by molar-refractivity contribution is 5.76. The number of aryl methyl sites for hydroxylation is 2. The Morgan fingerprint density at radius 3 is 2.94 bits per heavy atom. The first-order valence-corrected chi connectivity index (χ1v) is 5.80. The number of aromatic nitrogens is 4. The summed E-state index contributed by atoms with van der Waals surface area (Å²) in [6, 6.07) is 7.84. The summed E-state index contributed by atoms with van der Waals surface area (Å²) in [6.07, 6.45) is 6.11. The van der Waals surface area contributed by atoms with Crippen LogP contribution in [0.1, 0.15) is 5.69 Å². The minimum Gasteiger partial charge on any atom is -0.369 e. The summed E-state index contributed by atoms with van der Waals surface area (Å²) in [6.45, 7) is 0.767. The van der Waals surface area contributed by atoms with E-state index in [4.69, 9.17) is 5.73 Å². The van der Waals surface area contributed by atoms with Crippen molar-refractivity contribution in [3.05, 3.63) is 48.5 Å². The lowest BCUT2D eigenvalue weighted by atomic mass is 10.2. The summed E-state index contributed by atoms with van der Waals surface area (Å²) in [5, 5.41) is 0. The second kappa shape index (κ2) is 4.44. The monoisotopic (exact) mass is 239 g/mol. The minimum atomic E-state index is 0.522. The van der Waals surface area contributed by atoms with E-state index in [-0.39, 0.29) is 0 Å². The standard InChI is InChI=1S/C13H13N5/c14-13-17-11-9-15-7-4-12(11)18(13)8-5-10-3-1-2-6-16-10/h1-4,6-7,9H,5,8H2,(H2,14,17). The molecule has 3 heterocycles. The average Bonchev–Trinajstić information content (AvgIpc) is 2.73. The number of nitrogens with zero attached hydrogens (tertiary/aromatic N) is 4. The first-order chi connectivity index (χ1) is 8.84. The lowest BCUT2D eigenvalue weighted by molar-refractivity contribution is 0.713. The molecule has 0 aliphatic rings. The molecule has 3 aromatic heterocycles. The number of hydrogen-bond acceptors (Lipinski definition) is 4. The van der Waals surface area contributed by atoms with Crippen molar-refractivity contribution in [2.24, 2.45) is 0 Å². The maximum absolute atomic E-state index is 5.92. The van der Waals surface area contributed by atoms with E-state index in [0.717, 1.165) is 29.7 Å². The van der Waals surface area contributed by atoms with Crippen LogP contribution in [0.15, 0.2) is 42.9 Å². The van der Waals surface area contributed by atoms with E-state index >= 15 is 0 Å². The van der Waals surface area contributed by atoms with Gasteiger partial charge in [0.05, 0.1) is 11.7 Å². The van der Waals surface area contributed by atoms with E-state index < -0.39 is 0 Å². The van der Waals surface area contributed by atoms with Crippen molar-refractivity contribution in [1.82, 2.24) is 19.5 Å². The Kier molecular flexibility index (Phi) is 2.64. The molecular weight excluding hydrogens is 226 g/mol. The molecule has 0 aromatic carbocycles. The van der Waals surface area contributed by atoms with Crippen LogP contribution in [-0.4, -0.2) is 19.5 Å². The fraction of sp³-hybridized carbons (Fsp3) is 0.154. The summed E-state index contributed by atoms with van der Waals surface area (Å²) in [5.74, 6) is 0.522. The molecule has 0 saturated heterocycles.